The summed E-state index contributed by atoms with van der Waals surface area (Å²) in [6.45, 7) is 7.82. The molecule has 0 spiro atoms. The Morgan fingerprint density at radius 1 is 1.24 bits per heavy atom. The predicted molar refractivity (Wildman–Crippen MR) is 74.4 cm³/mol. The molecule has 2 rings (SSSR count). The zero-order valence-electron chi connectivity index (χ0n) is 11.1. The fourth-order valence-corrected chi connectivity index (χ4v) is 2.68. The highest BCUT2D eigenvalue weighted by molar-refractivity contribution is 5.48. The summed E-state index contributed by atoms with van der Waals surface area (Å²) in [5, 5.41) is 0. The van der Waals surface area contributed by atoms with Crippen molar-refractivity contribution in [2.24, 2.45) is 11.1 Å². The Bertz CT molecular complexity index is 354. The third-order valence-electron chi connectivity index (χ3n) is 3.63. The minimum atomic E-state index is 0.453. The smallest absolute Gasteiger partial charge is 0.0366 e. The molecule has 0 unspecified atom stereocenters. The van der Waals surface area contributed by atoms with Gasteiger partial charge in [0.1, 0.15) is 0 Å². The van der Waals surface area contributed by atoms with Gasteiger partial charge in [-0.05, 0) is 48.9 Å². The Hall–Kier alpha value is -1.02. The minimum Gasteiger partial charge on any atom is -0.371 e. The van der Waals surface area contributed by atoms with Crippen molar-refractivity contribution in [2.75, 3.05) is 24.5 Å². The van der Waals surface area contributed by atoms with Gasteiger partial charge in [0, 0.05) is 18.8 Å². The van der Waals surface area contributed by atoms with Gasteiger partial charge >= 0.3 is 0 Å². The summed E-state index contributed by atoms with van der Waals surface area (Å²) < 4.78 is 0. The lowest BCUT2D eigenvalue weighted by Crippen LogP contribution is -2.40. The van der Waals surface area contributed by atoms with Crippen LogP contribution in [0.2, 0.25) is 0 Å². The van der Waals surface area contributed by atoms with E-state index in [1.807, 2.05) is 0 Å². The van der Waals surface area contributed by atoms with Gasteiger partial charge in [0.2, 0.25) is 0 Å². The third-order valence-corrected chi connectivity index (χ3v) is 3.63. The van der Waals surface area contributed by atoms with E-state index in [0.717, 1.165) is 13.0 Å². The van der Waals surface area contributed by atoms with Gasteiger partial charge in [0.05, 0.1) is 0 Å². The van der Waals surface area contributed by atoms with Crippen molar-refractivity contribution in [3.8, 4) is 0 Å². The van der Waals surface area contributed by atoms with Crippen molar-refractivity contribution < 1.29 is 0 Å². The van der Waals surface area contributed by atoms with Gasteiger partial charge in [-0.15, -0.1) is 0 Å². The topological polar surface area (TPSA) is 29.3 Å². The third kappa shape index (κ3) is 3.22. The van der Waals surface area contributed by atoms with Crippen molar-refractivity contribution in [1.29, 1.82) is 0 Å². The van der Waals surface area contributed by atoms with Crippen molar-refractivity contribution in [3.05, 3.63) is 29.8 Å². The first-order valence-electron chi connectivity index (χ1n) is 6.65. The van der Waals surface area contributed by atoms with Crippen LogP contribution in [0.25, 0.3) is 0 Å². The molecule has 1 aromatic carbocycles. The quantitative estimate of drug-likeness (QED) is 0.868. The monoisotopic (exact) mass is 232 g/mol. The van der Waals surface area contributed by atoms with Crippen molar-refractivity contribution in [1.82, 2.24) is 0 Å². The zero-order chi connectivity index (χ0) is 12.3. The van der Waals surface area contributed by atoms with E-state index in [1.54, 1.807) is 0 Å². The number of rotatable bonds is 3. The number of anilines is 1. The first-order chi connectivity index (χ1) is 8.11. The van der Waals surface area contributed by atoms with Gasteiger partial charge in [-0.2, -0.15) is 0 Å². The summed E-state index contributed by atoms with van der Waals surface area (Å²) in [5.41, 5.74) is 8.72. The maximum absolute atomic E-state index is 5.57. The largest absolute Gasteiger partial charge is 0.371 e. The van der Waals surface area contributed by atoms with E-state index in [9.17, 15) is 0 Å². The molecule has 1 fully saturated rings. The SMILES string of the molecule is CC1(C)CCCN(c2ccc(CCN)cc2)C1. The van der Waals surface area contributed by atoms with Crippen LogP contribution >= 0.6 is 0 Å². The Labute approximate surface area is 105 Å². The highest BCUT2D eigenvalue weighted by Gasteiger charge is 2.26. The summed E-state index contributed by atoms with van der Waals surface area (Å²) in [7, 11) is 0. The van der Waals surface area contributed by atoms with Crippen molar-refractivity contribution >= 4 is 5.69 Å². The Morgan fingerprint density at radius 3 is 2.53 bits per heavy atom. The lowest BCUT2D eigenvalue weighted by atomic mass is 9.84. The van der Waals surface area contributed by atoms with Crippen molar-refractivity contribution in [3.63, 3.8) is 0 Å². The van der Waals surface area contributed by atoms with E-state index in [0.29, 0.717) is 5.41 Å². The summed E-state index contributed by atoms with van der Waals surface area (Å²) in [6.07, 6.45) is 3.62. The fourth-order valence-electron chi connectivity index (χ4n) is 2.68. The molecular formula is C15H24N2. The first kappa shape index (κ1) is 12.4. The summed E-state index contributed by atoms with van der Waals surface area (Å²) in [4.78, 5) is 2.51. The van der Waals surface area contributed by atoms with E-state index in [-0.39, 0.29) is 0 Å². The van der Waals surface area contributed by atoms with Crippen LogP contribution in [0.5, 0.6) is 0 Å². The van der Waals surface area contributed by atoms with Gasteiger partial charge in [-0.25, -0.2) is 0 Å². The van der Waals surface area contributed by atoms with Crippen LogP contribution in [0.15, 0.2) is 24.3 Å². The van der Waals surface area contributed by atoms with Crippen LogP contribution in [-0.2, 0) is 6.42 Å². The molecule has 1 aliphatic rings. The number of hydrogen-bond donors (Lipinski definition) is 1. The molecule has 1 aromatic rings. The molecule has 1 saturated heterocycles. The summed E-state index contributed by atoms with van der Waals surface area (Å²) in [6, 6.07) is 8.91. The number of benzene rings is 1. The average Bonchev–Trinajstić information content (AvgIpc) is 2.29. The van der Waals surface area contributed by atoms with E-state index >= 15 is 0 Å². The average molecular weight is 232 g/mol. The molecule has 0 radical (unpaired) electrons. The van der Waals surface area contributed by atoms with Crippen LogP contribution in [0.3, 0.4) is 0 Å². The van der Waals surface area contributed by atoms with Crippen LogP contribution in [0, 0.1) is 5.41 Å². The van der Waals surface area contributed by atoms with Gasteiger partial charge in [-0.3, -0.25) is 0 Å². The van der Waals surface area contributed by atoms with E-state index < -0.39 is 0 Å². The zero-order valence-corrected chi connectivity index (χ0v) is 11.1. The first-order valence-corrected chi connectivity index (χ1v) is 6.65. The maximum Gasteiger partial charge on any atom is 0.0366 e. The Kier molecular flexibility index (Phi) is 3.72. The Balaban J connectivity index is 2.06. The molecule has 1 aliphatic heterocycles. The van der Waals surface area contributed by atoms with Crippen LogP contribution in [0.1, 0.15) is 32.3 Å². The minimum absolute atomic E-state index is 0.453. The van der Waals surface area contributed by atoms with Gasteiger partial charge in [0.25, 0.3) is 0 Å². The summed E-state index contributed by atoms with van der Waals surface area (Å²) >= 11 is 0. The molecule has 0 atom stereocenters. The van der Waals surface area contributed by atoms with Gasteiger partial charge < -0.3 is 10.6 Å². The molecule has 1 heterocycles. The number of hydrogen-bond acceptors (Lipinski definition) is 2. The fraction of sp³-hybridized carbons (Fsp3) is 0.600. The molecule has 0 aliphatic carbocycles. The lowest BCUT2D eigenvalue weighted by Gasteiger charge is -2.39. The second-order valence-electron chi connectivity index (χ2n) is 5.89. The van der Waals surface area contributed by atoms with Gasteiger partial charge in [0.15, 0.2) is 0 Å². The van der Waals surface area contributed by atoms with Gasteiger partial charge in [-0.1, -0.05) is 26.0 Å². The Morgan fingerprint density at radius 2 is 1.94 bits per heavy atom. The maximum atomic E-state index is 5.57. The second-order valence-corrected chi connectivity index (χ2v) is 5.89. The molecule has 94 valence electrons. The molecule has 2 nitrogen and oxygen atoms in total. The lowest BCUT2D eigenvalue weighted by molar-refractivity contribution is 0.293. The second kappa shape index (κ2) is 5.09. The normalized spacial score (nSPS) is 19.4. The van der Waals surface area contributed by atoms with Crippen LogP contribution in [0.4, 0.5) is 5.69 Å². The van der Waals surface area contributed by atoms with Crippen LogP contribution in [-0.4, -0.2) is 19.6 Å². The highest BCUT2D eigenvalue weighted by Crippen LogP contribution is 2.31. The highest BCUT2D eigenvalue weighted by atomic mass is 15.1. The molecule has 0 bridgehead atoms. The molecule has 2 heteroatoms. The molecule has 0 amide bonds. The molecule has 17 heavy (non-hydrogen) atoms. The molecule has 2 N–H and O–H groups in total. The number of nitrogens with zero attached hydrogens (tertiary/aromatic N) is 1. The number of piperidine rings is 1. The number of nitrogens with two attached hydrogens (primary N) is 1. The van der Waals surface area contributed by atoms with Crippen LogP contribution < -0.4 is 10.6 Å². The summed E-state index contributed by atoms with van der Waals surface area (Å²) in [5.74, 6) is 0. The molecule has 0 aromatic heterocycles. The standard InChI is InChI=1S/C15H24N2/c1-15(2)9-3-11-17(12-15)14-6-4-13(5-7-14)8-10-16/h4-7H,3,8-12,16H2,1-2H3. The van der Waals surface area contributed by atoms with E-state index in [4.69, 9.17) is 5.73 Å². The molecular weight excluding hydrogens is 208 g/mol. The van der Waals surface area contributed by atoms with Crippen molar-refractivity contribution in [2.45, 2.75) is 33.1 Å². The predicted octanol–water partition coefficient (Wildman–Crippen LogP) is 2.81. The van der Waals surface area contributed by atoms with E-state index in [2.05, 4.69) is 43.0 Å². The van der Waals surface area contributed by atoms with E-state index in [1.165, 1.54) is 37.2 Å². The molecule has 0 saturated carbocycles.